The van der Waals surface area contributed by atoms with Crippen LogP contribution in [0.4, 0.5) is 20.4 Å². The van der Waals surface area contributed by atoms with E-state index in [2.05, 4.69) is 39.4 Å². The smallest absolute Gasteiger partial charge is 0.172 e. The molecule has 1 aliphatic carbocycles. The van der Waals surface area contributed by atoms with Crippen LogP contribution in [0, 0.1) is 11.6 Å². The lowest BCUT2D eigenvalue weighted by atomic mass is 9.78. The maximum atomic E-state index is 14.1. The maximum absolute atomic E-state index is 14.1. The molecule has 0 atom stereocenters. The van der Waals surface area contributed by atoms with E-state index in [0.29, 0.717) is 12.7 Å². The van der Waals surface area contributed by atoms with Gasteiger partial charge in [0.05, 0.1) is 29.6 Å². The van der Waals surface area contributed by atoms with Crippen molar-refractivity contribution in [1.82, 2.24) is 14.9 Å². The Labute approximate surface area is 227 Å². The zero-order valence-corrected chi connectivity index (χ0v) is 21.9. The molecule has 1 N–H and O–H groups in total. The van der Waals surface area contributed by atoms with E-state index < -0.39 is 11.6 Å². The third-order valence-corrected chi connectivity index (χ3v) is 8.46. The molecule has 39 heavy (non-hydrogen) atoms. The molecule has 5 heterocycles. The second-order valence-corrected chi connectivity index (χ2v) is 11.4. The number of fused-ring (bicyclic) bond motifs is 2. The number of rotatable bonds is 7. The van der Waals surface area contributed by atoms with E-state index in [1.165, 1.54) is 17.7 Å². The highest BCUT2D eigenvalue weighted by Gasteiger charge is 2.52. The number of hydrogen-bond donors (Lipinski definition) is 1. The lowest BCUT2D eigenvalue weighted by Gasteiger charge is -2.39. The molecule has 0 spiro atoms. The summed E-state index contributed by atoms with van der Waals surface area (Å²) in [5.74, 6) is 0.562. The van der Waals surface area contributed by atoms with Crippen molar-refractivity contribution in [3.63, 3.8) is 0 Å². The number of hydrogen-bond acceptors (Lipinski definition) is 7. The van der Waals surface area contributed by atoms with Gasteiger partial charge in [-0.15, -0.1) is 0 Å². The minimum absolute atomic E-state index is 0.0533. The highest BCUT2D eigenvalue weighted by Crippen LogP contribution is 2.45. The summed E-state index contributed by atoms with van der Waals surface area (Å²) in [5, 5.41) is 3.75. The van der Waals surface area contributed by atoms with Gasteiger partial charge in [-0.25, -0.2) is 18.7 Å². The van der Waals surface area contributed by atoms with Crippen LogP contribution in [0.5, 0.6) is 5.75 Å². The average Bonchev–Trinajstić information content (AvgIpc) is 3.52. The van der Waals surface area contributed by atoms with Gasteiger partial charge in [0.25, 0.3) is 0 Å². The Morgan fingerprint density at radius 1 is 1.00 bits per heavy atom. The molecule has 5 aliphatic rings. The van der Waals surface area contributed by atoms with Gasteiger partial charge in [0.2, 0.25) is 0 Å². The monoisotopic (exact) mass is 533 g/mol. The number of piperidine rings is 1. The highest BCUT2D eigenvalue weighted by molar-refractivity contribution is 5.64. The summed E-state index contributed by atoms with van der Waals surface area (Å²) in [7, 11) is 0. The predicted molar refractivity (Wildman–Crippen MR) is 144 cm³/mol. The maximum Gasteiger partial charge on any atom is 0.172 e. The van der Waals surface area contributed by atoms with Gasteiger partial charge < -0.3 is 19.7 Å². The summed E-state index contributed by atoms with van der Waals surface area (Å²) in [6.45, 7) is 4.77. The SMILES string of the molecule is Fc1ccc(OC2CCN(c3nc4c(nc3NC35COC(C3)C5)CN(Cc3ccccc3)CC4)CC2)c(F)c1. The Kier molecular flexibility index (Phi) is 6.35. The predicted octanol–water partition coefficient (Wildman–Crippen LogP) is 4.70. The number of nitrogens with one attached hydrogen (secondary N) is 1. The fourth-order valence-corrected chi connectivity index (χ4v) is 6.31. The Morgan fingerprint density at radius 2 is 1.82 bits per heavy atom. The quantitative estimate of drug-likeness (QED) is 0.472. The van der Waals surface area contributed by atoms with Crippen LogP contribution in [-0.4, -0.2) is 58.9 Å². The van der Waals surface area contributed by atoms with Crippen LogP contribution in [0.2, 0.25) is 0 Å². The largest absolute Gasteiger partial charge is 0.487 e. The summed E-state index contributed by atoms with van der Waals surface area (Å²) < 4.78 is 39.2. The first-order chi connectivity index (χ1) is 19.0. The van der Waals surface area contributed by atoms with E-state index >= 15 is 0 Å². The molecule has 9 heteroatoms. The summed E-state index contributed by atoms with van der Waals surface area (Å²) >= 11 is 0. The summed E-state index contributed by atoms with van der Waals surface area (Å²) in [6.07, 6.45) is 4.53. The van der Waals surface area contributed by atoms with Crippen molar-refractivity contribution in [3.05, 3.63) is 77.1 Å². The zero-order valence-electron chi connectivity index (χ0n) is 21.9. The molecular weight excluding hydrogens is 500 g/mol. The molecule has 7 nitrogen and oxygen atoms in total. The molecule has 4 fully saturated rings. The second kappa shape index (κ2) is 10.0. The fraction of sp³-hybridized carbons (Fsp3) is 0.467. The van der Waals surface area contributed by atoms with Gasteiger partial charge in [-0.05, 0) is 30.5 Å². The molecule has 1 aromatic heterocycles. The number of benzene rings is 2. The normalized spacial score (nSPS) is 24.8. The molecule has 0 radical (unpaired) electrons. The van der Waals surface area contributed by atoms with Crippen LogP contribution in [-0.2, 0) is 24.2 Å². The van der Waals surface area contributed by atoms with Gasteiger partial charge in [-0.2, -0.15) is 0 Å². The molecule has 204 valence electrons. The standard InChI is InChI=1S/C30H33F2N5O2/c31-21-6-7-27(24(32)14-21)39-22-8-12-37(13-9-22)29-28(35-30-15-23(16-30)38-19-30)33-26-18-36(11-10-25(26)34-29)17-20-4-2-1-3-5-20/h1-7,14,22-23H,8-13,15-19H2,(H,33,35). The van der Waals surface area contributed by atoms with Crippen LogP contribution in [0.25, 0.3) is 0 Å². The molecule has 2 aromatic carbocycles. The summed E-state index contributed by atoms with van der Waals surface area (Å²) in [6, 6.07) is 14.0. The second-order valence-electron chi connectivity index (χ2n) is 11.4. The van der Waals surface area contributed by atoms with Gasteiger partial charge in [0, 0.05) is 58.1 Å². The Balaban J connectivity index is 1.09. The van der Waals surface area contributed by atoms with Crippen molar-refractivity contribution in [2.24, 2.45) is 0 Å². The molecule has 4 aliphatic heterocycles. The number of anilines is 2. The van der Waals surface area contributed by atoms with Crippen molar-refractivity contribution in [2.45, 2.75) is 62.9 Å². The number of halogens is 2. The molecular formula is C30H33F2N5O2. The van der Waals surface area contributed by atoms with Crippen molar-refractivity contribution in [2.75, 3.05) is 36.5 Å². The van der Waals surface area contributed by atoms with Crippen LogP contribution >= 0.6 is 0 Å². The Bertz CT molecular complexity index is 1340. The fourth-order valence-electron chi connectivity index (χ4n) is 6.31. The third-order valence-electron chi connectivity index (χ3n) is 8.46. The summed E-state index contributed by atoms with van der Waals surface area (Å²) in [4.78, 5) is 15.1. The van der Waals surface area contributed by atoms with E-state index in [1.54, 1.807) is 0 Å². The molecule has 0 amide bonds. The van der Waals surface area contributed by atoms with E-state index in [9.17, 15) is 8.78 Å². The first-order valence-electron chi connectivity index (χ1n) is 13.9. The average molecular weight is 534 g/mol. The molecule has 2 bridgehead atoms. The van der Waals surface area contributed by atoms with Gasteiger partial charge in [0.1, 0.15) is 11.9 Å². The minimum atomic E-state index is -0.664. The third kappa shape index (κ3) is 5.05. The topological polar surface area (TPSA) is 62.8 Å². The number of aromatic nitrogens is 2. The minimum Gasteiger partial charge on any atom is -0.487 e. The first-order valence-corrected chi connectivity index (χ1v) is 13.9. The molecule has 3 saturated heterocycles. The van der Waals surface area contributed by atoms with E-state index in [0.717, 1.165) is 93.9 Å². The van der Waals surface area contributed by atoms with E-state index in [1.807, 2.05) is 6.07 Å². The zero-order chi connectivity index (χ0) is 26.4. The van der Waals surface area contributed by atoms with E-state index in [4.69, 9.17) is 19.4 Å². The van der Waals surface area contributed by atoms with Crippen LogP contribution in [0.1, 0.15) is 42.6 Å². The first kappa shape index (κ1) is 24.7. The van der Waals surface area contributed by atoms with Gasteiger partial charge >= 0.3 is 0 Å². The molecule has 3 aromatic rings. The van der Waals surface area contributed by atoms with Gasteiger partial charge in [-0.3, -0.25) is 4.90 Å². The van der Waals surface area contributed by atoms with Crippen molar-refractivity contribution in [3.8, 4) is 5.75 Å². The van der Waals surface area contributed by atoms with Gasteiger partial charge in [0.15, 0.2) is 23.2 Å². The van der Waals surface area contributed by atoms with Crippen molar-refractivity contribution in [1.29, 1.82) is 0 Å². The van der Waals surface area contributed by atoms with Crippen LogP contribution in [0.15, 0.2) is 48.5 Å². The molecule has 1 saturated carbocycles. The number of nitrogens with zero attached hydrogens (tertiary/aromatic N) is 4. The van der Waals surface area contributed by atoms with Crippen molar-refractivity contribution < 1.29 is 18.3 Å². The number of ether oxygens (including phenoxy) is 2. The lowest BCUT2D eigenvalue weighted by molar-refractivity contribution is 0.124. The Hall–Kier alpha value is -3.30. The van der Waals surface area contributed by atoms with Crippen LogP contribution in [0.3, 0.4) is 0 Å². The lowest BCUT2D eigenvalue weighted by Crippen LogP contribution is -2.48. The van der Waals surface area contributed by atoms with E-state index in [-0.39, 0.29) is 17.4 Å². The Morgan fingerprint density at radius 3 is 2.56 bits per heavy atom. The molecule has 0 unspecified atom stereocenters. The molecule has 8 rings (SSSR count). The van der Waals surface area contributed by atoms with Gasteiger partial charge in [-0.1, -0.05) is 30.3 Å². The summed E-state index contributed by atoms with van der Waals surface area (Å²) in [5.41, 5.74) is 3.36. The van der Waals surface area contributed by atoms with Crippen molar-refractivity contribution >= 4 is 11.6 Å². The highest BCUT2D eigenvalue weighted by atomic mass is 19.1. The van der Waals surface area contributed by atoms with Crippen LogP contribution < -0.4 is 15.0 Å².